The van der Waals surface area contributed by atoms with Crippen LogP contribution >= 0.6 is 11.6 Å². The average molecular weight is 472 g/mol. The second kappa shape index (κ2) is 8.79. The number of nitrogens with zero attached hydrogens (tertiary/aromatic N) is 4. The van der Waals surface area contributed by atoms with E-state index in [-0.39, 0.29) is 48.8 Å². The molecule has 1 aliphatic heterocycles. The van der Waals surface area contributed by atoms with Gasteiger partial charge in [-0.2, -0.15) is 23.3 Å². The minimum absolute atomic E-state index is 0.143. The molecular weight excluding hydrogens is 454 g/mol. The van der Waals surface area contributed by atoms with Gasteiger partial charge in [0, 0.05) is 24.8 Å². The summed E-state index contributed by atoms with van der Waals surface area (Å²) in [5, 5.41) is 12.3. The highest BCUT2D eigenvalue weighted by atomic mass is 35.5. The fourth-order valence-electron chi connectivity index (χ4n) is 3.19. The molecule has 1 saturated heterocycles. The molecule has 1 aliphatic rings. The Bertz CT molecular complexity index is 1120. The summed E-state index contributed by atoms with van der Waals surface area (Å²) >= 11 is 6.09. The predicted octanol–water partition coefficient (Wildman–Crippen LogP) is 4.64. The number of rotatable bonds is 5. The van der Waals surface area contributed by atoms with Gasteiger partial charge < -0.3 is 20.3 Å². The molecule has 3 N–H and O–H groups in total. The molecule has 1 fully saturated rings. The van der Waals surface area contributed by atoms with Crippen LogP contribution in [0.5, 0.6) is 0 Å². The van der Waals surface area contributed by atoms with E-state index < -0.39 is 23.2 Å². The number of halogens is 5. The number of benzene rings is 1. The number of aromatic nitrogens is 4. The number of H-pyrrole nitrogens is 1. The Balaban J connectivity index is 1.64. The highest BCUT2D eigenvalue weighted by Crippen LogP contribution is 2.40. The van der Waals surface area contributed by atoms with Crippen LogP contribution in [0.1, 0.15) is 11.3 Å². The van der Waals surface area contributed by atoms with E-state index in [1.165, 1.54) is 11.1 Å². The number of ether oxygens (including phenoxy) is 1. The second-order valence-corrected chi connectivity index (χ2v) is 7.43. The predicted molar refractivity (Wildman–Crippen MR) is 111 cm³/mol. The molecule has 3 aromatic rings. The number of alkyl halides is 3. The molecule has 0 spiro atoms. The van der Waals surface area contributed by atoms with Crippen molar-refractivity contribution in [2.24, 2.45) is 0 Å². The van der Waals surface area contributed by atoms with Gasteiger partial charge in [-0.15, -0.1) is 0 Å². The van der Waals surface area contributed by atoms with E-state index in [2.05, 4.69) is 30.8 Å². The first-order valence-corrected chi connectivity index (χ1v) is 9.90. The zero-order valence-electron chi connectivity index (χ0n) is 16.7. The fraction of sp³-hybridized carbons (Fsp3) is 0.316. The Hall–Kier alpha value is -3.12. The summed E-state index contributed by atoms with van der Waals surface area (Å²) in [5.41, 5.74) is -0.837. The van der Waals surface area contributed by atoms with Crippen LogP contribution < -0.4 is 15.5 Å². The molecule has 0 atom stereocenters. The van der Waals surface area contributed by atoms with E-state index in [4.69, 9.17) is 16.3 Å². The van der Waals surface area contributed by atoms with Crippen LogP contribution in [0.15, 0.2) is 24.4 Å². The van der Waals surface area contributed by atoms with Crippen molar-refractivity contribution in [2.45, 2.75) is 13.1 Å². The molecule has 0 radical (unpaired) electrons. The third-order valence-electron chi connectivity index (χ3n) is 4.69. The van der Waals surface area contributed by atoms with Crippen LogP contribution in [-0.4, -0.2) is 46.5 Å². The van der Waals surface area contributed by atoms with Crippen molar-refractivity contribution in [2.75, 3.05) is 41.8 Å². The molecule has 0 aliphatic carbocycles. The largest absolute Gasteiger partial charge is 0.418 e. The van der Waals surface area contributed by atoms with Gasteiger partial charge in [-0.25, -0.2) is 9.37 Å². The fourth-order valence-corrected chi connectivity index (χ4v) is 3.33. The molecule has 2 aromatic heterocycles. The van der Waals surface area contributed by atoms with E-state index in [9.17, 15) is 17.6 Å². The first-order chi connectivity index (χ1) is 15.2. The number of aryl methyl sites for hydroxylation is 1. The Morgan fingerprint density at radius 3 is 2.56 bits per heavy atom. The lowest BCUT2D eigenvalue weighted by Crippen LogP contribution is -2.37. The van der Waals surface area contributed by atoms with Gasteiger partial charge in [-0.3, -0.25) is 5.10 Å². The van der Waals surface area contributed by atoms with E-state index in [0.717, 1.165) is 11.8 Å². The maximum atomic E-state index is 14.8. The number of anilines is 5. The molecule has 4 rings (SSSR count). The summed E-state index contributed by atoms with van der Waals surface area (Å²) < 4.78 is 61.2. The monoisotopic (exact) mass is 471 g/mol. The van der Waals surface area contributed by atoms with Gasteiger partial charge in [0.2, 0.25) is 5.95 Å². The van der Waals surface area contributed by atoms with Crippen molar-refractivity contribution in [3.05, 3.63) is 46.5 Å². The van der Waals surface area contributed by atoms with Gasteiger partial charge in [-0.1, -0.05) is 11.6 Å². The Labute approximate surface area is 185 Å². The summed E-state index contributed by atoms with van der Waals surface area (Å²) in [6.07, 6.45) is -3.45. The van der Waals surface area contributed by atoms with Gasteiger partial charge in [-0.05, 0) is 19.1 Å². The Morgan fingerprint density at radius 2 is 1.91 bits per heavy atom. The lowest BCUT2D eigenvalue weighted by molar-refractivity contribution is -0.137. The Morgan fingerprint density at radius 1 is 1.16 bits per heavy atom. The lowest BCUT2D eigenvalue weighted by atomic mass is 10.1. The smallest absolute Gasteiger partial charge is 0.378 e. The molecule has 170 valence electrons. The van der Waals surface area contributed by atoms with E-state index >= 15 is 0 Å². The quantitative estimate of drug-likeness (QED) is 0.467. The zero-order valence-corrected chi connectivity index (χ0v) is 17.5. The van der Waals surface area contributed by atoms with Gasteiger partial charge in [0.25, 0.3) is 0 Å². The standard InChI is InChI=1S/C19H18ClF4N7O/c1-10-6-16(30-29-10)27-17-12(20)9-25-18(28-17)26-14-7-11(19(22,23)24)15(8-13(14)21)31-2-4-32-5-3-31/h6-9H,2-5H2,1H3,(H3,25,26,27,28,29,30). The number of aromatic amines is 1. The van der Waals surface area contributed by atoms with Crippen LogP contribution in [-0.2, 0) is 10.9 Å². The maximum absolute atomic E-state index is 14.8. The van der Waals surface area contributed by atoms with Crippen molar-refractivity contribution in [1.82, 2.24) is 20.2 Å². The minimum Gasteiger partial charge on any atom is -0.378 e. The highest BCUT2D eigenvalue weighted by Gasteiger charge is 2.36. The number of hydrogen-bond donors (Lipinski definition) is 3. The van der Waals surface area contributed by atoms with Crippen molar-refractivity contribution in [1.29, 1.82) is 0 Å². The Kier molecular flexibility index (Phi) is 6.07. The molecule has 1 aromatic carbocycles. The van der Waals surface area contributed by atoms with Gasteiger partial charge in [0.15, 0.2) is 11.6 Å². The van der Waals surface area contributed by atoms with E-state index in [0.29, 0.717) is 11.9 Å². The summed E-state index contributed by atoms with van der Waals surface area (Å²) in [6.45, 7) is 2.80. The summed E-state index contributed by atoms with van der Waals surface area (Å²) in [6, 6.07) is 3.27. The zero-order chi connectivity index (χ0) is 22.9. The van der Waals surface area contributed by atoms with E-state index in [1.807, 2.05) is 0 Å². The van der Waals surface area contributed by atoms with Crippen LogP contribution in [0.3, 0.4) is 0 Å². The molecule has 13 heteroatoms. The molecular formula is C19H18ClF4N7O. The normalized spacial score (nSPS) is 14.5. The van der Waals surface area contributed by atoms with Crippen molar-refractivity contribution in [3.63, 3.8) is 0 Å². The number of nitrogens with one attached hydrogen (secondary N) is 3. The van der Waals surface area contributed by atoms with Gasteiger partial charge >= 0.3 is 6.18 Å². The SMILES string of the molecule is Cc1cc(Nc2nc(Nc3cc(C(F)(F)F)c(N4CCOCC4)cc3F)ncc2Cl)n[nH]1. The third-order valence-corrected chi connectivity index (χ3v) is 4.96. The number of morpholine rings is 1. The van der Waals surface area contributed by atoms with Gasteiger partial charge in [0.1, 0.15) is 10.8 Å². The van der Waals surface area contributed by atoms with Crippen LogP contribution in [0.4, 0.5) is 46.5 Å². The first-order valence-electron chi connectivity index (χ1n) is 9.53. The topological polar surface area (TPSA) is 91.0 Å². The van der Waals surface area contributed by atoms with Crippen molar-refractivity contribution in [3.8, 4) is 0 Å². The molecule has 8 nitrogen and oxygen atoms in total. The molecule has 32 heavy (non-hydrogen) atoms. The molecule has 3 heterocycles. The molecule has 0 unspecified atom stereocenters. The average Bonchev–Trinajstić information content (AvgIpc) is 3.16. The second-order valence-electron chi connectivity index (χ2n) is 7.02. The molecule has 0 amide bonds. The van der Waals surface area contributed by atoms with Crippen molar-refractivity contribution >= 4 is 40.6 Å². The maximum Gasteiger partial charge on any atom is 0.418 e. The van der Waals surface area contributed by atoms with Crippen LogP contribution in [0, 0.1) is 12.7 Å². The van der Waals surface area contributed by atoms with Crippen LogP contribution in [0.2, 0.25) is 5.02 Å². The summed E-state index contributed by atoms with van der Waals surface area (Å²) in [4.78, 5) is 9.50. The highest BCUT2D eigenvalue weighted by molar-refractivity contribution is 6.32. The molecule has 0 saturated carbocycles. The van der Waals surface area contributed by atoms with Crippen molar-refractivity contribution < 1.29 is 22.3 Å². The van der Waals surface area contributed by atoms with Gasteiger partial charge in [0.05, 0.1) is 36.3 Å². The van der Waals surface area contributed by atoms with E-state index in [1.54, 1.807) is 13.0 Å². The van der Waals surface area contributed by atoms with Crippen LogP contribution in [0.25, 0.3) is 0 Å². The molecule has 0 bridgehead atoms. The minimum atomic E-state index is -4.69. The third kappa shape index (κ3) is 4.86. The summed E-state index contributed by atoms with van der Waals surface area (Å²) in [5.74, 6) is -0.447. The lowest BCUT2D eigenvalue weighted by Gasteiger charge is -2.31. The number of hydrogen-bond acceptors (Lipinski definition) is 7. The first kappa shape index (κ1) is 22.1. The summed E-state index contributed by atoms with van der Waals surface area (Å²) in [7, 11) is 0.